The van der Waals surface area contributed by atoms with Gasteiger partial charge in [0.1, 0.15) is 5.82 Å². The molecule has 1 fully saturated rings. The molecule has 146 valence electrons. The summed E-state index contributed by atoms with van der Waals surface area (Å²) in [6.45, 7) is 8.69. The Morgan fingerprint density at radius 2 is 2.00 bits per heavy atom. The van der Waals surface area contributed by atoms with E-state index in [-0.39, 0.29) is 17.8 Å². The minimum atomic E-state index is -0.265. The highest BCUT2D eigenvalue weighted by Crippen LogP contribution is 2.22. The van der Waals surface area contributed by atoms with Gasteiger partial charge in [0.25, 0.3) is 0 Å². The highest BCUT2D eigenvalue weighted by Gasteiger charge is 2.32. The topological polar surface area (TPSA) is 62.5 Å². The first kappa shape index (κ1) is 19.5. The molecule has 0 spiro atoms. The van der Waals surface area contributed by atoms with E-state index in [1.807, 2.05) is 11.8 Å². The molecule has 27 heavy (non-hydrogen) atoms. The fraction of sp³-hybridized carbons (Fsp3) is 0.550. The Bertz CT molecular complexity index is 760. The zero-order chi connectivity index (χ0) is 19.4. The maximum atomic E-state index is 13.2. The smallest absolute Gasteiger partial charge is 0.240 e. The number of hydrogen-bond donors (Lipinski definition) is 0. The van der Waals surface area contributed by atoms with Gasteiger partial charge in [-0.2, -0.15) is 4.98 Å². The molecule has 1 unspecified atom stereocenters. The molecule has 1 aromatic carbocycles. The fourth-order valence-electron chi connectivity index (χ4n) is 3.43. The summed E-state index contributed by atoms with van der Waals surface area (Å²) in [6, 6.07) is 6.43. The number of halogens is 1. The van der Waals surface area contributed by atoms with Gasteiger partial charge >= 0.3 is 0 Å². The van der Waals surface area contributed by atoms with Crippen LogP contribution in [0.5, 0.6) is 0 Å². The minimum absolute atomic E-state index is 0.0682. The summed E-state index contributed by atoms with van der Waals surface area (Å²) in [5, 5.41) is 3.95. The van der Waals surface area contributed by atoms with Crippen LogP contribution in [0.25, 0.3) is 0 Å². The number of hydrogen-bond acceptors (Lipinski definition) is 5. The van der Waals surface area contributed by atoms with E-state index >= 15 is 0 Å². The van der Waals surface area contributed by atoms with E-state index in [9.17, 15) is 9.18 Å². The first-order valence-electron chi connectivity index (χ1n) is 9.54. The summed E-state index contributed by atoms with van der Waals surface area (Å²) in [7, 11) is 0. The number of aromatic nitrogens is 2. The summed E-state index contributed by atoms with van der Waals surface area (Å²) in [6.07, 6.45) is 1.18. The lowest BCUT2D eigenvalue weighted by molar-refractivity contribution is -0.134. The van der Waals surface area contributed by atoms with Gasteiger partial charge in [-0.3, -0.25) is 9.69 Å². The number of carbonyl (C=O) groups excluding carboxylic acids is 1. The van der Waals surface area contributed by atoms with Crippen molar-refractivity contribution < 1.29 is 13.7 Å². The van der Waals surface area contributed by atoms with Crippen molar-refractivity contribution in [2.24, 2.45) is 5.92 Å². The van der Waals surface area contributed by atoms with Crippen LogP contribution < -0.4 is 0 Å². The quantitative estimate of drug-likeness (QED) is 0.778. The molecular weight excluding hydrogens is 347 g/mol. The molecule has 1 atom stereocenters. The van der Waals surface area contributed by atoms with E-state index in [4.69, 9.17) is 4.52 Å². The zero-order valence-electron chi connectivity index (χ0n) is 16.2. The van der Waals surface area contributed by atoms with Gasteiger partial charge in [0, 0.05) is 38.5 Å². The Kier molecular flexibility index (Phi) is 6.21. The van der Waals surface area contributed by atoms with Crippen LogP contribution in [0.2, 0.25) is 0 Å². The molecular formula is C20H27FN4O2. The van der Waals surface area contributed by atoms with Crippen molar-refractivity contribution in [1.29, 1.82) is 0 Å². The Hall–Kier alpha value is -2.28. The zero-order valence-corrected chi connectivity index (χ0v) is 16.2. The highest BCUT2D eigenvalue weighted by molar-refractivity contribution is 5.77. The van der Waals surface area contributed by atoms with Crippen molar-refractivity contribution in [2.45, 2.75) is 52.7 Å². The Balaban J connectivity index is 1.74. The van der Waals surface area contributed by atoms with E-state index in [0.29, 0.717) is 43.7 Å². The van der Waals surface area contributed by atoms with Gasteiger partial charge in [-0.1, -0.05) is 38.1 Å². The van der Waals surface area contributed by atoms with Gasteiger partial charge in [0.05, 0.1) is 6.54 Å². The van der Waals surface area contributed by atoms with Crippen LogP contribution in [0.15, 0.2) is 28.8 Å². The molecule has 1 aliphatic rings. The second-order valence-corrected chi connectivity index (χ2v) is 7.40. The molecule has 2 aromatic rings. The lowest BCUT2D eigenvalue weighted by Crippen LogP contribution is -2.45. The molecule has 1 amide bonds. The van der Waals surface area contributed by atoms with Gasteiger partial charge in [-0.15, -0.1) is 0 Å². The standard InChI is InChI=1S/C20H27FN4O2/c1-4-18-22-19(27-23-18)13-24-10-9-20(26)25(17(12-24)14(2)3)11-15-5-7-16(21)8-6-15/h5-8,14,17H,4,9-13H2,1-3H3. The third kappa shape index (κ3) is 4.91. The number of amides is 1. The molecule has 0 radical (unpaired) electrons. The predicted molar refractivity (Wildman–Crippen MR) is 99.1 cm³/mol. The van der Waals surface area contributed by atoms with Crippen LogP contribution >= 0.6 is 0 Å². The first-order valence-corrected chi connectivity index (χ1v) is 9.54. The molecule has 0 aliphatic carbocycles. The van der Waals surface area contributed by atoms with Crippen molar-refractivity contribution in [3.05, 3.63) is 47.4 Å². The van der Waals surface area contributed by atoms with Crippen LogP contribution in [0.4, 0.5) is 4.39 Å². The molecule has 1 aromatic heterocycles. The van der Waals surface area contributed by atoms with Crippen LogP contribution in [-0.4, -0.2) is 45.0 Å². The molecule has 3 rings (SSSR count). The molecule has 1 saturated heterocycles. The van der Waals surface area contributed by atoms with Crippen molar-refractivity contribution in [1.82, 2.24) is 19.9 Å². The number of benzene rings is 1. The summed E-state index contributed by atoms with van der Waals surface area (Å²) in [4.78, 5) is 21.3. The van der Waals surface area contributed by atoms with Crippen molar-refractivity contribution in [2.75, 3.05) is 13.1 Å². The van der Waals surface area contributed by atoms with E-state index in [0.717, 1.165) is 18.5 Å². The first-order chi connectivity index (χ1) is 13.0. The largest absolute Gasteiger partial charge is 0.338 e. The molecule has 7 heteroatoms. The van der Waals surface area contributed by atoms with Gasteiger partial charge in [0.15, 0.2) is 5.82 Å². The maximum Gasteiger partial charge on any atom is 0.240 e. The van der Waals surface area contributed by atoms with Gasteiger partial charge in [0.2, 0.25) is 11.8 Å². The Morgan fingerprint density at radius 1 is 1.26 bits per heavy atom. The summed E-state index contributed by atoms with van der Waals surface area (Å²) in [5.41, 5.74) is 0.938. The van der Waals surface area contributed by atoms with Gasteiger partial charge in [-0.25, -0.2) is 4.39 Å². The fourth-order valence-corrected chi connectivity index (χ4v) is 3.43. The summed E-state index contributed by atoms with van der Waals surface area (Å²) < 4.78 is 18.5. The molecule has 6 nitrogen and oxygen atoms in total. The van der Waals surface area contributed by atoms with Gasteiger partial charge in [-0.05, 0) is 23.6 Å². The van der Waals surface area contributed by atoms with E-state index < -0.39 is 0 Å². The van der Waals surface area contributed by atoms with Crippen molar-refractivity contribution in [3.63, 3.8) is 0 Å². The van der Waals surface area contributed by atoms with Crippen LogP contribution in [0.1, 0.15) is 44.5 Å². The number of rotatable bonds is 6. The van der Waals surface area contributed by atoms with E-state index in [1.54, 1.807) is 12.1 Å². The molecule has 0 bridgehead atoms. The third-order valence-electron chi connectivity index (χ3n) is 5.03. The average Bonchev–Trinajstić information content (AvgIpc) is 3.04. The predicted octanol–water partition coefficient (Wildman–Crippen LogP) is 3.03. The Morgan fingerprint density at radius 3 is 2.63 bits per heavy atom. The number of nitrogens with zero attached hydrogens (tertiary/aromatic N) is 4. The monoisotopic (exact) mass is 374 g/mol. The van der Waals surface area contributed by atoms with Crippen LogP contribution in [0, 0.1) is 11.7 Å². The maximum absolute atomic E-state index is 13.2. The molecule has 0 saturated carbocycles. The van der Waals surface area contributed by atoms with Crippen molar-refractivity contribution in [3.8, 4) is 0 Å². The number of aryl methyl sites for hydroxylation is 1. The second kappa shape index (κ2) is 8.61. The SMILES string of the molecule is CCc1noc(CN2CCC(=O)N(Cc3ccc(F)cc3)C(C(C)C)C2)n1. The van der Waals surface area contributed by atoms with Gasteiger partial charge < -0.3 is 9.42 Å². The summed E-state index contributed by atoms with van der Waals surface area (Å²) in [5.74, 6) is 1.45. The van der Waals surface area contributed by atoms with E-state index in [2.05, 4.69) is 28.9 Å². The highest BCUT2D eigenvalue weighted by atomic mass is 19.1. The number of carbonyl (C=O) groups is 1. The normalized spacial score (nSPS) is 18.9. The average molecular weight is 374 g/mol. The molecule has 1 aliphatic heterocycles. The lowest BCUT2D eigenvalue weighted by atomic mass is 10.0. The Labute approximate surface area is 159 Å². The lowest BCUT2D eigenvalue weighted by Gasteiger charge is -2.34. The summed E-state index contributed by atoms with van der Waals surface area (Å²) >= 11 is 0. The van der Waals surface area contributed by atoms with E-state index in [1.165, 1.54) is 12.1 Å². The minimum Gasteiger partial charge on any atom is -0.338 e. The molecule has 0 N–H and O–H groups in total. The molecule has 2 heterocycles. The van der Waals surface area contributed by atoms with Crippen LogP contribution in [-0.2, 0) is 24.3 Å². The van der Waals surface area contributed by atoms with Crippen LogP contribution in [0.3, 0.4) is 0 Å². The van der Waals surface area contributed by atoms with Crippen molar-refractivity contribution >= 4 is 5.91 Å². The second-order valence-electron chi connectivity index (χ2n) is 7.40. The third-order valence-corrected chi connectivity index (χ3v) is 5.03.